The van der Waals surface area contributed by atoms with Crippen LogP contribution in [0.5, 0.6) is 0 Å². The van der Waals surface area contributed by atoms with Crippen LogP contribution in [0.15, 0.2) is 0 Å². The molecule has 0 aliphatic heterocycles. The van der Waals surface area contributed by atoms with Gasteiger partial charge in [0.05, 0.1) is 0 Å². The van der Waals surface area contributed by atoms with Gasteiger partial charge in [-0.05, 0) is 0 Å². The first kappa shape index (κ1) is 34.6. The van der Waals surface area contributed by atoms with Crippen LogP contribution in [0, 0.1) is 0 Å². The van der Waals surface area contributed by atoms with Crippen molar-refractivity contribution in [1.29, 1.82) is 0 Å². The first-order chi connectivity index (χ1) is 14.7. The zero-order valence-corrected chi connectivity index (χ0v) is 23.0. The van der Waals surface area contributed by atoms with E-state index in [-0.39, 0.29) is 0 Å². The van der Waals surface area contributed by atoms with Gasteiger partial charge < -0.3 is 0 Å². The lowest BCUT2D eigenvalue weighted by molar-refractivity contribution is 0.585. The summed E-state index contributed by atoms with van der Waals surface area (Å²) in [4.78, 5) is 0. The molecule has 0 aromatic heterocycles. The standard InChI is InChI=1S/3C10H22/c3*1-3-5-7-9-10-8-6-4-2/h3*3-10H2,1-2H3. The lowest BCUT2D eigenvalue weighted by Crippen LogP contribution is -1.77. The van der Waals surface area contributed by atoms with Crippen molar-refractivity contribution in [2.24, 2.45) is 0 Å². The molecule has 0 unspecified atom stereocenters. The van der Waals surface area contributed by atoms with Gasteiger partial charge in [-0.1, -0.05) is 196 Å². The van der Waals surface area contributed by atoms with Crippen molar-refractivity contribution < 1.29 is 0 Å². The molecule has 0 saturated carbocycles. The Labute approximate surface area is 195 Å². The third-order valence-electron chi connectivity index (χ3n) is 5.87. The lowest BCUT2D eigenvalue weighted by atomic mass is 10.1. The van der Waals surface area contributed by atoms with E-state index in [0.717, 1.165) is 0 Å². The topological polar surface area (TPSA) is 0 Å². The molecule has 0 heteroatoms. The highest BCUT2D eigenvalue weighted by atomic mass is 14.0. The maximum absolute atomic E-state index is 2.27. The van der Waals surface area contributed by atoms with Crippen molar-refractivity contribution in [2.75, 3.05) is 0 Å². The zero-order valence-electron chi connectivity index (χ0n) is 23.0. The zero-order chi connectivity index (χ0) is 23.0. The minimum absolute atomic E-state index is 1.37. The summed E-state index contributed by atoms with van der Waals surface area (Å²) in [5.41, 5.74) is 0. The molecular formula is C30H66. The van der Waals surface area contributed by atoms with Crippen LogP contribution >= 0.6 is 0 Å². The van der Waals surface area contributed by atoms with Gasteiger partial charge in [-0.3, -0.25) is 0 Å². The fourth-order valence-electron chi connectivity index (χ4n) is 3.62. The Kier molecular flexibility index (Phi) is 45.5. The molecule has 0 rings (SSSR count). The summed E-state index contributed by atoms with van der Waals surface area (Å²) in [6, 6.07) is 0. The van der Waals surface area contributed by atoms with E-state index in [1.807, 2.05) is 0 Å². The highest BCUT2D eigenvalue weighted by Gasteiger charge is 1.89. The number of hydrogen-bond acceptors (Lipinski definition) is 0. The Balaban J connectivity index is -0.000000364. The van der Waals surface area contributed by atoms with Crippen molar-refractivity contribution in [2.45, 2.75) is 196 Å². The molecule has 0 nitrogen and oxygen atoms in total. The van der Waals surface area contributed by atoms with Crippen molar-refractivity contribution in [3.63, 3.8) is 0 Å². The van der Waals surface area contributed by atoms with Crippen molar-refractivity contribution in [3.8, 4) is 0 Å². The van der Waals surface area contributed by atoms with Crippen molar-refractivity contribution >= 4 is 0 Å². The molecule has 0 aliphatic rings. The normalized spacial score (nSPS) is 10.2. The van der Waals surface area contributed by atoms with Crippen LogP contribution in [0.2, 0.25) is 0 Å². The van der Waals surface area contributed by atoms with Gasteiger partial charge in [-0.15, -0.1) is 0 Å². The summed E-state index contributed by atoms with van der Waals surface area (Å²) >= 11 is 0. The Morgan fingerprint density at radius 3 is 0.367 bits per heavy atom. The average Bonchev–Trinajstić information content (AvgIpc) is 2.77. The van der Waals surface area contributed by atoms with Crippen molar-refractivity contribution in [3.05, 3.63) is 0 Å². The third kappa shape index (κ3) is 46.3. The van der Waals surface area contributed by atoms with E-state index in [9.17, 15) is 0 Å². The van der Waals surface area contributed by atoms with Crippen molar-refractivity contribution in [1.82, 2.24) is 0 Å². The number of unbranched alkanes of at least 4 members (excludes halogenated alkanes) is 21. The number of rotatable bonds is 21. The Hall–Kier alpha value is 0. The van der Waals surface area contributed by atoms with Gasteiger partial charge in [0.15, 0.2) is 0 Å². The second-order valence-corrected chi connectivity index (χ2v) is 9.36. The Bertz CT molecular complexity index is 158. The highest BCUT2D eigenvalue weighted by Crippen LogP contribution is 2.09. The molecule has 0 heterocycles. The molecule has 0 amide bonds. The van der Waals surface area contributed by atoms with Gasteiger partial charge in [0.2, 0.25) is 0 Å². The first-order valence-corrected chi connectivity index (χ1v) is 14.7. The minimum Gasteiger partial charge on any atom is -0.0654 e. The molecule has 0 aromatic carbocycles. The smallest absolute Gasteiger partial charge is 0.0533 e. The van der Waals surface area contributed by atoms with Gasteiger partial charge in [0.25, 0.3) is 0 Å². The van der Waals surface area contributed by atoms with Crippen LogP contribution in [-0.4, -0.2) is 0 Å². The van der Waals surface area contributed by atoms with Gasteiger partial charge in [0.1, 0.15) is 0 Å². The van der Waals surface area contributed by atoms with Crippen LogP contribution in [0.1, 0.15) is 196 Å². The van der Waals surface area contributed by atoms with Crippen LogP contribution in [0.3, 0.4) is 0 Å². The molecule has 0 saturated heterocycles. The predicted molar refractivity (Wildman–Crippen MR) is 145 cm³/mol. The first-order valence-electron chi connectivity index (χ1n) is 14.7. The lowest BCUT2D eigenvalue weighted by Gasteiger charge is -1.97. The van der Waals surface area contributed by atoms with E-state index in [4.69, 9.17) is 0 Å². The summed E-state index contributed by atoms with van der Waals surface area (Å²) < 4.78 is 0. The quantitative estimate of drug-likeness (QED) is 0.160. The molecule has 186 valence electrons. The predicted octanol–water partition coefficient (Wildman–Crippen LogP) is 12.4. The van der Waals surface area contributed by atoms with E-state index in [1.165, 1.54) is 154 Å². The fourth-order valence-corrected chi connectivity index (χ4v) is 3.62. The molecule has 0 aromatic rings. The molecule has 0 atom stereocenters. The van der Waals surface area contributed by atoms with Gasteiger partial charge >= 0.3 is 0 Å². The van der Waals surface area contributed by atoms with Crippen LogP contribution in [-0.2, 0) is 0 Å². The second-order valence-electron chi connectivity index (χ2n) is 9.36. The maximum atomic E-state index is 2.27. The van der Waals surface area contributed by atoms with E-state index >= 15 is 0 Å². The summed E-state index contributed by atoms with van der Waals surface area (Å²) in [5.74, 6) is 0. The summed E-state index contributed by atoms with van der Waals surface area (Å²) in [5, 5.41) is 0. The van der Waals surface area contributed by atoms with E-state index in [0.29, 0.717) is 0 Å². The maximum Gasteiger partial charge on any atom is -0.0533 e. The van der Waals surface area contributed by atoms with Gasteiger partial charge in [-0.2, -0.15) is 0 Å². The second kappa shape index (κ2) is 39.5. The van der Waals surface area contributed by atoms with Crippen LogP contribution in [0.25, 0.3) is 0 Å². The van der Waals surface area contributed by atoms with E-state index in [2.05, 4.69) is 41.5 Å². The molecule has 30 heavy (non-hydrogen) atoms. The third-order valence-corrected chi connectivity index (χ3v) is 5.87. The van der Waals surface area contributed by atoms with E-state index in [1.54, 1.807) is 0 Å². The van der Waals surface area contributed by atoms with Gasteiger partial charge in [0, 0.05) is 0 Å². The average molecular weight is 427 g/mol. The molecular weight excluding hydrogens is 360 g/mol. The molecule has 0 radical (unpaired) electrons. The molecule has 0 fully saturated rings. The highest BCUT2D eigenvalue weighted by molar-refractivity contribution is 4.45. The summed E-state index contributed by atoms with van der Waals surface area (Å²) in [6.45, 7) is 13.6. The van der Waals surface area contributed by atoms with Crippen LogP contribution < -0.4 is 0 Å². The Morgan fingerprint density at radius 2 is 0.267 bits per heavy atom. The van der Waals surface area contributed by atoms with E-state index < -0.39 is 0 Å². The molecule has 0 spiro atoms. The monoisotopic (exact) mass is 427 g/mol. The van der Waals surface area contributed by atoms with Gasteiger partial charge in [-0.25, -0.2) is 0 Å². The molecule has 0 aliphatic carbocycles. The SMILES string of the molecule is CCCCCCCCCC.CCCCCCCCCC.CCCCCCCCCC. The molecule has 0 bridgehead atoms. The largest absolute Gasteiger partial charge is 0.0654 e. The minimum atomic E-state index is 1.37. The summed E-state index contributed by atoms with van der Waals surface area (Å²) in [6.07, 6.45) is 34.4. The summed E-state index contributed by atoms with van der Waals surface area (Å²) in [7, 11) is 0. The van der Waals surface area contributed by atoms with Crippen LogP contribution in [0.4, 0.5) is 0 Å². The fraction of sp³-hybridized carbons (Fsp3) is 1.00. The Morgan fingerprint density at radius 1 is 0.167 bits per heavy atom. The number of hydrogen-bond donors (Lipinski definition) is 0. The molecule has 0 N–H and O–H groups in total.